The second kappa shape index (κ2) is 7.32. The summed E-state index contributed by atoms with van der Waals surface area (Å²) < 4.78 is 0. The number of oxime groups is 1. The Bertz CT molecular complexity index is 1260. The number of primary amides is 1. The molecule has 34 heavy (non-hydrogen) atoms. The maximum atomic E-state index is 13.6. The molecule has 4 aliphatic rings. The van der Waals surface area contributed by atoms with E-state index in [2.05, 4.69) is 10.1 Å². The molecule has 3 aliphatic carbocycles. The Morgan fingerprint density at radius 3 is 2.47 bits per heavy atom. The zero-order valence-electron chi connectivity index (χ0n) is 18.2. The fourth-order valence-corrected chi connectivity index (χ4v) is 5.53. The van der Waals surface area contributed by atoms with Crippen molar-refractivity contribution in [2.45, 2.75) is 24.9 Å². The number of benzene rings is 1. The van der Waals surface area contributed by atoms with Gasteiger partial charge in [0.2, 0.25) is 11.6 Å². The average Bonchev–Trinajstić information content (AvgIpc) is 2.74. The van der Waals surface area contributed by atoms with Crippen LogP contribution in [0.15, 0.2) is 34.2 Å². The van der Waals surface area contributed by atoms with Crippen molar-refractivity contribution in [1.82, 2.24) is 0 Å². The summed E-state index contributed by atoms with van der Waals surface area (Å²) in [6.45, 7) is 1.63. The Balaban J connectivity index is 1.71. The second-order valence-corrected chi connectivity index (χ2v) is 8.92. The van der Waals surface area contributed by atoms with Crippen molar-refractivity contribution in [2.75, 3.05) is 25.1 Å². The fourth-order valence-electron chi connectivity index (χ4n) is 5.53. The molecule has 1 saturated heterocycles. The van der Waals surface area contributed by atoms with E-state index in [0.29, 0.717) is 5.56 Å². The number of nitrogens with two attached hydrogens (primary N) is 1. The molecule has 6 N–H and O–H groups in total. The number of phenols is 1. The van der Waals surface area contributed by atoms with Crippen LogP contribution in [0, 0.1) is 11.8 Å². The number of hydrogen-bond acceptors (Lipinski definition) is 10. The number of fused-ring (bicyclic) bond motifs is 3. The van der Waals surface area contributed by atoms with Crippen molar-refractivity contribution in [2.24, 2.45) is 22.7 Å². The lowest BCUT2D eigenvalue weighted by Crippen LogP contribution is -2.64. The number of Topliss-reactive ketones (excluding diaryl/α,β-unsaturated/α-hetero) is 2. The molecule has 11 nitrogen and oxygen atoms in total. The molecule has 1 aromatic rings. The number of aliphatic hydroxyl groups is 3. The lowest BCUT2D eigenvalue weighted by Gasteiger charge is -2.46. The highest BCUT2D eigenvalue weighted by Crippen LogP contribution is 2.52. The van der Waals surface area contributed by atoms with E-state index in [1.54, 1.807) is 6.07 Å². The topological polar surface area (TPSA) is 183 Å². The molecule has 0 aromatic heterocycles. The molecule has 178 valence electrons. The van der Waals surface area contributed by atoms with Gasteiger partial charge in [-0.2, -0.15) is 0 Å². The lowest BCUT2D eigenvalue weighted by molar-refractivity contribution is -0.153. The lowest BCUT2D eigenvalue weighted by atomic mass is 9.58. The van der Waals surface area contributed by atoms with E-state index >= 15 is 0 Å². The van der Waals surface area contributed by atoms with Gasteiger partial charge in [0.05, 0.1) is 11.5 Å². The molecule has 1 saturated carbocycles. The van der Waals surface area contributed by atoms with Gasteiger partial charge in [-0.15, -0.1) is 0 Å². The molecule has 1 heterocycles. The van der Waals surface area contributed by atoms with Crippen molar-refractivity contribution in [3.05, 3.63) is 40.2 Å². The maximum absolute atomic E-state index is 13.6. The third kappa shape index (κ3) is 2.67. The predicted molar refractivity (Wildman–Crippen MR) is 118 cm³/mol. The molecule has 0 bridgehead atoms. The molecular weight excluding hydrogens is 446 g/mol. The van der Waals surface area contributed by atoms with E-state index in [0.717, 1.165) is 25.2 Å². The van der Waals surface area contributed by atoms with Crippen LogP contribution in [0.1, 0.15) is 24.0 Å². The van der Waals surface area contributed by atoms with Crippen molar-refractivity contribution < 1.29 is 39.6 Å². The van der Waals surface area contributed by atoms with Crippen LogP contribution in [0.5, 0.6) is 5.75 Å². The number of carbonyl (C=O) groups excluding carboxylic acids is 3. The summed E-state index contributed by atoms with van der Waals surface area (Å²) in [6, 6.07) is 3.18. The number of phenolic OH excluding ortho intramolecular Hbond substituents is 1. The van der Waals surface area contributed by atoms with Gasteiger partial charge in [0, 0.05) is 24.4 Å². The fraction of sp³-hybridized carbons (Fsp3) is 0.391. The summed E-state index contributed by atoms with van der Waals surface area (Å²) in [5, 5.41) is 47.3. The first-order valence-corrected chi connectivity index (χ1v) is 10.8. The number of nitrogens with zero attached hydrogens (tertiary/aromatic N) is 2. The molecule has 5 rings (SSSR count). The summed E-state index contributed by atoms with van der Waals surface area (Å²) in [6.07, 6.45) is 1.17. The zero-order valence-corrected chi connectivity index (χ0v) is 18.2. The molecule has 1 aromatic carbocycles. The molecule has 3 atom stereocenters. The number of ketones is 2. The average molecular weight is 469 g/mol. The first-order valence-electron chi connectivity index (χ1n) is 10.8. The smallest absolute Gasteiger partial charge is 0.256 e. The Morgan fingerprint density at radius 2 is 1.88 bits per heavy atom. The largest absolute Gasteiger partial charge is 0.507 e. The number of aliphatic hydroxyl groups excluding tert-OH is 2. The maximum Gasteiger partial charge on any atom is 0.256 e. The SMILES string of the molecule is CO/N=C1\C(O)=C(C(N)=O)C(=O)[C@@]2(O)C(=O)C3=C(O)c4c(O)ccc(N5CCC5)c4C[C@H]3C[C@@H]12. The number of amides is 1. The number of rotatable bonds is 3. The van der Waals surface area contributed by atoms with E-state index in [1.165, 1.54) is 13.2 Å². The highest BCUT2D eigenvalue weighted by Gasteiger charge is 2.64. The molecule has 0 unspecified atom stereocenters. The quantitative estimate of drug-likeness (QED) is 0.235. The van der Waals surface area contributed by atoms with Gasteiger partial charge < -0.3 is 35.9 Å². The van der Waals surface area contributed by atoms with Gasteiger partial charge in [0.15, 0.2) is 11.4 Å². The van der Waals surface area contributed by atoms with Gasteiger partial charge in [-0.3, -0.25) is 14.4 Å². The molecule has 11 heteroatoms. The van der Waals surface area contributed by atoms with Gasteiger partial charge in [0.25, 0.3) is 5.91 Å². The van der Waals surface area contributed by atoms with Crippen LogP contribution in [0.2, 0.25) is 0 Å². The van der Waals surface area contributed by atoms with E-state index in [9.17, 15) is 34.8 Å². The van der Waals surface area contributed by atoms with Gasteiger partial charge in [0.1, 0.15) is 29.9 Å². The Kier molecular flexibility index (Phi) is 4.73. The van der Waals surface area contributed by atoms with E-state index < -0.39 is 52.0 Å². The Hall–Kier alpha value is -3.86. The Labute approximate surface area is 193 Å². The molecular formula is C23H23N3O8. The van der Waals surface area contributed by atoms with Gasteiger partial charge >= 0.3 is 0 Å². The Morgan fingerprint density at radius 1 is 1.18 bits per heavy atom. The van der Waals surface area contributed by atoms with E-state index in [-0.39, 0.29) is 35.4 Å². The van der Waals surface area contributed by atoms with Crippen molar-refractivity contribution >= 4 is 34.6 Å². The summed E-state index contributed by atoms with van der Waals surface area (Å²) in [5.41, 5.74) is 2.40. The number of carbonyl (C=O) groups is 3. The summed E-state index contributed by atoms with van der Waals surface area (Å²) in [7, 11) is 1.17. The van der Waals surface area contributed by atoms with Crippen molar-refractivity contribution in [1.29, 1.82) is 0 Å². The number of anilines is 1. The normalized spacial score (nSPS) is 29.5. The van der Waals surface area contributed by atoms with Crippen LogP contribution in [0.3, 0.4) is 0 Å². The van der Waals surface area contributed by atoms with Crippen molar-refractivity contribution in [3.8, 4) is 5.75 Å². The van der Waals surface area contributed by atoms with Crippen LogP contribution in [-0.2, 0) is 25.6 Å². The number of hydrogen-bond donors (Lipinski definition) is 5. The molecule has 0 spiro atoms. The highest BCUT2D eigenvalue weighted by atomic mass is 16.6. The number of aromatic hydroxyl groups is 1. The van der Waals surface area contributed by atoms with E-state index in [4.69, 9.17) is 10.6 Å². The van der Waals surface area contributed by atoms with Crippen LogP contribution in [0.25, 0.3) is 5.76 Å². The van der Waals surface area contributed by atoms with Gasteiger partial charge in [-0.05, 0) is 42.9 Å². The molecule has 2 fully saturated rings. The van der Waals surface area contributed by atoms with Crippen molar-refractivity contribution in [3.63, 3.8) is 0 Å². The first-order chi connectivity index (χ1) is 16.1. The predicted octanol–water partition coefficient (Wildman–Crippen LogP) is 0.246. The highest BCUT2D eigenvalue weighted by molar-refractivity contribution is 6.38. The van der Waals surface area contributed by atoms with Gasteiger partial charge in [-0.1, -0.05) is 5.16 Å². The van der Waals surface area contributed by atoms with Crippen LogP contribution >= 0.6 is 0 Å². The minimum atomic E-state index is -2.84. The van der Waals surface area contributed by atoms with Crippen LogP contribution in [0.4, 0.5) is 5.69 Å². The summed E-state index contributed by atoms with van der Waals surface area (Å²) >= 11 is 0. The standard InChI is InChI=1S/C23H23N3O8/c1-34-25-17-11-8-9-7-10-12(26-5-2-6-26)3-4-13(27)15(10)18(28)14(9)20(30)23(11,33)21(31)16(19(17)29)22(24)32/h3-4,9,11,27-29,33H,2,5-8H2,1H3,(H2,24,32)/b25-17-/t9-,11-,23-/m0/s1. The van der Waals surface area contributed by atoms with Gasteiger partial charge in [-0.25, -0.2) is 0 Å². The third-order valence-electron chi connectivity index (χ3n) is 7.25. The zero-order chi connectivity index (χ0) is 24.5. The summed E-state index contributed by atoms with van der Waals surface area (Å²) in [5.74, 6) is -7.48. The second-order valence-electron chi connectivity index (χ2n) is 8.92. The third-order valence-corrected chi connectivity index (χ3v) is 7.25. The minimum Gasteiger partial charge on any atom is -0.507 e. The minimum absolute atomic E-state index is 0.0692. The monoisotopic (exact) mass is 469 g/mol. The molecule has 0 radical (unpaired) electrons. The first kappa shape index (κ1) is 22.0. The van der Waals surface area contributed by atoms with Crippen LogP contribution < -0.4 is 10.6 Å². The van der Waals surface area contributed by atoms with E-state index in [1.807, 2.05) is 0 Å². The summed E-state index contributed by atoms with van der Waals surface area (Å²) in [4.78, 5) is 45.5. The molecule has 1 amide bonds. The number of allylic oxidation sites excluding steroid dienone is 1. The molecule has 1 aliphatic heterocycles. The van der Waals surface area contributed by atoms with Crippen LogP contribution in [-0.4, -0.2) is 69.4 Å².